The molecule has 4 amide bonds. The Hall–Kier alpha value is -3.53. The number of thiophene rings is 1. The van der Waals surface area contributed by atoms with Crippen molar-refractivity contribution < 1.29 is 37.1 Å². The van der Waals surface area contributed by atoms with E-state index in [2.05, 4.69) is 16.2 Å². The lowest BCUT2D eigenvalue weighted by Gasteiger charge is -2.28. The predicted molar refractivity (Wildman–Crippen MR) is 145 cm³/mol. The number of nitrogens with one attached hydrogen (secondary N) is 3. The molecule has 2 aromatic rings. The monoisotopic (exact) mass is 593 g/mol. The number of sulfonamides is 1. The summed E-state index contributed by atoms with van der Waals surface area (Å²) in [6.45, 7) is 7.43. The first-order chi connectivity index (χ1) is 18.8. The van der Waals surface area contributed by atoms with Crippen LogP contribution in [0, 0.1) is 0 Å². The summed E-state index contributed by atoms with van der Waals surface area (Å²) < 4.78 is 37.9. The molecule has 15 heteroatoms. The van der Waals surface area contributed by atoms with Crippen LogP contribution in [-0.4, -0.2) is 73.5 Å². The molecular formula is C25H31N5O8S2. The van der Waals surface area contributed by atoms with E-state index in [0.717, 1.165) is 11.3 Å². The van der Waals surface area contributed by atoms with Gasteiger partial charge in [0, 0.05) is 23.9 Å². The van der Waals surface area contributed by atoms with Gasteiger partial charge in [-0.25, -0.2) is 13.2 Å². The molecule has 1 aromatic heterocycles. The SMILES string of the molecule is CCOC(=O)N1CCc2c(sc(NC(=O)c3ccc(S(=O)(=O)N4COCC4(C)C)cc3)c2C(=O)NNC(C)=O)C1. The molecule has 40 heavy (non-hydrogen) atoms. The highest BCUT2D eigenvalue weighted by molar-refractivity contribution is 7.89. The second-order valence-electron chi connectivity index (χ2n) is 9.84. The lowest BCUT2D eigenvalue weighted by atomic mass is 10.0. The molecule has 0 unspecified atom stereocenters. The van der Waals surface area contributed by atoms with Crippen LogP contribution in [0.15, 0.2) is 29.2 Å². The van der Waals surface area contributed by atoms with Crippen LogP contribution in [0.25, 0.3) is 0 Å². The van der Waals surface area contributed by atoms with E-state index in [1.54, 1.807) is 20.8 Å². The Balaban J connectivity index is 1.58. The zero-order chi connectivity index (χ0) is 29.2. The predicted octanol–water partition coefficient (Wildman–Crippen LogP) is 2.05. The van der Waals surface area contributed by atoms with E-state index in [9.17, 15) is 27.6 Å². The fraction of sp³-hybridized carbons (Fsp3) is 0.440. The maximum atomic E-state index is 13.2. The Morgan fingerprint density at radius 1 is 1.10 bits per heavy atom. The Morgan fingerprint density at radius 2 is 1.80 bits per heavy atom. The van der Waals surface area contributed by atoms with Crippen LogP contribution in [0.1, 0.15) is 58.9 Å². The first-order valence-electron chi connectivity index (χ1n) is 12.5. The van der Waals surface area contributed by atoms with Crippen molar-refractivity contribution in [2.24, 2.45) is 0 Å². The molecule has 216 valence electrons. The van der Waals surface area contributed by atoms with Gasteiger partial charge in [0.25, 0.3) is 11.8 Å². The van der Waals surface area contributed by atoms with Gasteiger partial charge in [-0.1, -0.05) is 0 Å². The fourth-order valence-electron chi connectivity index (χ4n) is 4.41. The zero-order valence-electron chi connectivity index (χ0n) is 22.5. The molecule has 0 radical (unpaired) electrons. The Bertz CT molecular complexity index is 1440. The summed E-state index contributed by atoms with van der Waals surface area (Å²) in [6, 6.07) is 5.47. The minimum Gasteiger partial charge on any atom is -0.450 e. The Morgan fingerprint density at radius 3 is 2.40 bits per heavy atom. The van der Waals surface area contributed by atoms with Crippen LogP contribution in [0.2, 0.25) is 0 Å². The van der Waals surface area contributed by atoms with Crippen LogP contribution in [-0.2, 0) is 37.3 Å². The van der Waals surface area contributed by atoms with Crippen molar-refractivity contribution in [3.8, 4) is 0 Å². The van der Waals surface area contributed by atoms with Gasteiger partial charge in [0.1, 0.15) is 11.7 Å². The van der Waals surface area contributed by atoms with E-state index < -0.39 is 39.4 Å². The number of amides is 4. The van der Waals surface area contributed by atoms with Gasteiger partial charge in [-0.3, -0.25) is 25.2 Å². The van der Waals surface area contributed by atoms with Gasteiger partial charge in [-0.15, -0.1) is 11.3 Å². The van der Waals surface area contributed by atoms with E-state index in [0.29, 0.717) is 23.4 Å². The number of hydrogen-bond donors (Lipinski definition) is 3. The van der Waals surface area contributed by atoms with Crippen molar-refractivity contribution in [3.63, 3.8) is 0 Å². The molecule has 3 heterocycles. The molecular weight excluding hydrogens is 562 g/mol. The maximum absolute atomic E-state index is 13.2. The normalized spacial score (nSPS) is 16.6. The molecule has 2 aliphatic heterocycles. The molecule has 13 nitrogen and oxygen atoms in total. The largest absolute Gasteiger partial charge is 0.450 e. The van der Waals surface area contributed by atoms with Crippen LogP contribution < -0.4 is 16.2 Å². The van der Waals surface area contributed by atoms with Crippen LogP contribution in [0.3, 0.4) is 0 Å². The number of carbonyl (C=O) groups is 4. The van der Waals surface area contributed by atoms with Gasteiger partial charge in [-0.05, 0) is 57.0 Å². The van der Waals surface area contributed by atoms with Crippen molar-refractivity contribution in [1.29, 1.82) is 0 Å². The smallest absolute Gasteiger partial charge is 0.410 e. The van der Waals surface area contributed by atoms with Crippen LogP contribution >= 0.6 is 11.3 Å². The van der Waals surface area contributed by atoms with Crippen molar-refractivity contribution in [2.75, 3.05) is 31.8 Å². The Labute approximate surface area is 235 Å². The minimum absolute atomic E-state index is 0.0173. The summed E-state index contributed by atoms with van der Waals surface area (Å²) in [6.07, 6.45) is -0.137. The summed E-state index contributed by atoms with van der Waals surface area (Å²) in [5, 5.41) is 2.97. The number of rotatable bonds is 6. The molecule has 0 atom stereocenters. The number of hydrazine groups is 1. The van der Waals surface area contributed by atoms with Crippen molar-refractivity contribution in [1.82, 2.24) is 20.1 Å². The maximum Gasteiger partial charge on any atom is 0.410 e. The van der Waals surface area contributed by atoms with Gasteiger partial charge >= 0.3 is 6.09 Å². The number of hydrogen-bond acceptors (Lipinski definition) is 9. The van der Waals surface area contributed by atoms with E-state index in [4.69, 9.17) is 9.47 Å². The first kappa shape index (κ1) is 29.5. The highest BCUT2D eigenvalue weighted by Gasteiger charge is 2.42. The van der Waals surface area contributed by atoms with Crippen molar-refractivity contribution in [2.45, 2.75) is 51.1 Å². The number of benzene rings is 1. The van der Waals surface area contributed by atoms with Gasteiger partial charge in [0.15, 0.2) is 0 Å². The Kier molecular flexibility index (Phi) is 8.49. The molecule has 1 saturated heterocycles. The second kappa shape index (κ2) is 11.5. The summed E-state index contributed by atoms with van der Waals surface area (Å²) in [5.41, 5.74) is 4.88. The van der Waals surface area contributed by atoms with Crippen molar-refractivity contribution >= 4 is 50.2 Å². The summed E-state index contributed by atoms with van der Waals surface area (Å²) >= 11 is 1.14. The molecule has 0 spiro atoms. The fourth-order valence-corrected chi connectivity index (χ4v) is 7.32. The topological polar surface area (TPSA) is 163 Å². The average Bonchev–Trinajstić information content (AvgIpc) is 3.45. The first-order valence-corrected chi connectivity index (χ1v) is 14.8. The summed E-state index contributed by atoms with van der Waals surface area (Å²) in [4.78, 5) is 52.0. The summed E-state index contributed by atoms with van der Waals surface area (Å²) in [7, 11) is -3.85. The van der Waals surface area contributed by atoms with Gasteiger partial charge in [0.2, 0.25) is 15.9 Å². The molecule has 1 fully saturated rings. The molecule has 2 aliphatic rings. The highest BCUT2D eigenvalue weighted by Crippen LogP contribution is 2.38. The minimum atomic E-state index is -3.85. The quantitative estimate of drug-likeness (QED) is 0.429. The van der Waals surface area contributed by atoms with E-state index in [-0.39, 0.29) is 47.5 Å². The van der Waals surface area contributed by atoms with Crippen LogP contribution in [0.4, 0.5) is 9.80 Å². The summed E-state index contributed by atoms with van der Waals surface area (Å²) in [5.74, 6) is -1.66. The van der Waals surface area contributed by atoms with Gasteiger partial charge in [0.05, 0.1) is 35.8 Å². The van der Waals surface area contributed by atoms with Gasteiger partial charge in [-0.2, -0.15) is 4.31 Å². The van der Waals surface area contributed by atoms with Crippen molar-refractivity contribution in [3.05, 3.63) is 45.8 Å². The lowest BCUT2D eigenvalue weighted by Crippen LogP contribution is -2.44. The van der Waals surface area contributed by atoms with E-state index in [1.807, 2.05) is 0 Å². The third-order valence-corrected chi connectivity index (χ3v) is 9.61. The molecule has 0 saturated carbocycles. The number of nitrogens with zero attached hydrogens (tertiary/aromatic N) is 2. The standard InChI is InChI=1S/C25H31N5O8S2/c1-5-38-24(34)29-11-10-18-19(12-29)39-23(20(18)22(33)28-27-15(2)31)26-21(32)16-6-8-17(9-7-16)40(35,36)30-14-37-13-25(30,3)4/h6-9H,5,10-14H2,1-4H3,(H,26,32)(H,27,31)(H,28,33). The third-order valence-electron chi connectivity index (χ3n) is 6.43. The molecule has 1 aromatic carbocycles. The number of ether oxygens (including phenoxy) is 2. The zero-order valence-corrected chi connectivity index (χ0v) is 24.2. The number of anilines is 1. The van der Waals surface area contributed by atoms with Crippen LogP contribution in [0.5, 0.6) is 0 Å². The third kappa shape index (κ3) is 5.96. The second-order valence-corrected chi connectivity index (χ2v) is 12.8. The lowest BCUT2D eigenvalue weighted by molar-refractivity contribution is -0.119. The molecule has 4 rings (SSSR count). The molecule has 0 bridgehead atoms. The molecule has 0 aliphatic carbocycles. The highest BCUT2D eigenvalue weighted by atomic mass is 32.2. The number of fused-ring (bicyclic) bond motifs is 1. The van der Waals surface area contributed by atoms with Gasteiger partial charge < -0.3 is 19.7 Å². The number of carbonyl (C=O) groups excluding carboxylic acids is 4. The molecule has 3 N–H and O–H groups in total. The van der Waals surface area contributed by atoms with E-state index in [1.165, 1.54) is 40.4 Å². The van der Waals surface area contributed by atoms with E-state index >= 15 is 0 Å². The average molecular weight is 594 g/mol.